The molecule has 0 amide bonds. The van der Waals surface area contributed by atoms with Crippen molar-refractivity contribution in [1.29, 1.82) is 0 Å². The summed E-state index contributed by atoms with van der Waals surface area (Å²) in [6, 6.07) is 35.1. The Labute approximate surface area is 293 Å². The maximum absolute atomic E-state index is 13.8. The van der Waals surface area contributed by atoms with Crippen LogP contribution in [0.25, 0.3) is 11.2 Å². The van der Waals surface area contributed by atoms with Gasteiger partial charge < -0.3 is 24.3 Å². The first-order valence-corrected chi connectivity index (χ1v) is 16.3. The highest BCUT2D eigenvalue weighted by Crippen LogP contribution is 2.45. The van der Waals surface area contributed by atoms with Gasteiger partial charge in [-0.15, -0.1) is 0 Å². The van der Waals surface area contributed by atoms with Crippen LogP contribution in [0.2, 0.25) is 0 Å². The maximum Gasteiger partial charge on any atom is 0.338 e. The van der Waals surface area contributed by atoms with Crippen LogP contribution in [0, 0.1) is 0 Å². The molecule has 0 aliphatic carbocycles. The molecule has 0 radical (unpaired) electrons. The Morgan fingerprint density at radius 2 is 1.31 bits per heavy atom. The van der Waals surface area contributed by atoms with Crippen LogP contribution < -0.4 is 5.32 Å². The van der Waals surface area contributed by atoms with Crippen molar-refractivity contribution in [3.63, 3.8) is 0 Å². The fraction of sp³-hybridized carbons (Fsp3) is 0.179. The van der Waals surface area contributed by atoms with E-state index >= 15 is 0 Å². The monoisotopic (exact) mass is 683 g/mol. The summed E-state index contributed by atoms with van der Waals surface area (Å²) in [6.45, 7) is 1.77. The molecule has 1 aliphatic rings. The Morgan fingerprint density at radius 1 is 0.745 bits per heavy atom. The Hall–Kier alpha value is -6.40. The number of nitrogens with one attached hydrogen (secondary N) is 1. The first kappa shape index (κ1) is 33.1. The number of benzene rings is 4. The van der Waals surface area contributed by atoms with Crippen molar-refractivity contribution in [2.45, 2.75) is 37.5 Å². The van der Waals surface area contributed by atoms with Gasteiger partial charge in [0.1, 0.15) is 19.0 Å². The number of hydrogen-bond donors (Lipinski definition) is 1. The molecule has 6 aromatic rings. The molecule has 4 aromatic carbocycles. The minimum absolute atomic E-state index is 0.271. The minimum atomic E-state index is -1.70. The van der Waals surface area contributed by atoms with Gasteiger partial charge in [0.05, 0.1) is 23.0 Å². The molecule has 0 bridgehead atoms. The molecular formula is C39H33N5O7. The molecular weight excluding hydrogens is 650 g/mol. The number of ether oxygens (including phenoxy) is 4. The Kier molecular flexibility index (Phi) is 9.48. The molecule has 0 unspecified atom stereocenters. The standard InChI is InChI=1S/C39H33N5O7/c1-39(51-37(47)29-20-12-5-13-21-29)32(50-36(46)28-18-10-4-11-19-28)30(23-48-35(45)27-16-8-3-9-17-27)49-38(39)44-25-43-31-33(41-24-42-34(31)44)40-22-26-14-6-2-7-15-26/h2-21,24-25,30,32,38H,22-23H2,1H3,(H,40,41,42)/t30-,32-,38-,39-/m1/s1. The molecule has 4 atom stereocenters. The summed E-state index contributed by atoms with van der Waals surface area (Å²) < 4.78 is 26.3. The third-order valence-electron chi connectivity index (χ3n) is 8.56. The Morgan fingerprint density at radius 3 is 1.94 bits per heavy atom. The lowest BCUT2D eigenvalue weighted by Crippen LogP contribution is -2.50. The second-order valence-corrected chi connectivity index (χ2v) is 12.0. The first-order valence-electron chi connectivity index (χ1n) is 16.3. The van der Waals surface area contributed by atoms with E-state index in [4.69, 9.17) is 18.9 Å². The zero-order chi connectivity index (χ0) is 35.2. The molecule has 0 spiro atoms. The lowest BCUT2D eigenvalue weighted by atomic mass is 9.95. The topological polar surface area (TPSA) is 144 Å². The molecule has 1 saturated heterocycles. The SMILES string of the molecule is C[C@@]1(OC(=O)c2ccccc2)[C@H](OC(=O)c2ccccc2)[C@@H](COC(=O)c2ccccc2)O[C@H]1n1cnc2c(NCc3ccccc3)ncnc21. The van der Waals surface area contributed by atoms with Gasteiger partial charge in [-0.25, -0.2) is 29.3 Å². The second-order valence-electron chi connectivity index (χ2n) is 12.0. The fourth-order valence-corrected chi connectivity index (χ4v) is 5.99. The van der Waals surface area contributed by atoms with Gasteiger partial charge in [0.25, 0.3) is 0 Å². The highest BCUT2D eigenvalue weighted by molar-refractivity contribution is 5.91. The van der Waals surface area contributed by atoms with E-state index in [2.05, 4.69) is 20.3 Å². The molecule has 2 aromatic heterocycles. The van der Waals surface area contributed by atoms with E-state index in [0.717, 1.165) is 5.56 Å². The van der Waals surface area contributed by atoms with Crippen molar-refractivity contribution in [2.24, 2.45) is 0 Å². The summed E-state index contributed by atoms with van der Waals surface area (Å²) in [5.74, 6) is -1.49. The van der Waals surface area contributed by atoms with Gasteiger partial charge in [0.15, 0.2) is 34.9 Å². The molecule has 1 N–H and O–H groups in total. The lowest BCUT2D eigenvalue weighted by Gasteiger charge is -2.34. The first-order chi connectivity index (χ1) is 24.9. The molecule has 1 fully saturated rings. The number of hydrogen-bond acceptors (Lipinski definition) is 11. The third kappa shape index (κ3) is 7.03. The third-order valence-corrected chi connectivity index (χ3v) is 8.56. The zero-order valence-electron chi connectivity index (χ0n) is 27.5. The van der Waals surface area contributed by atoms with Crippen LogP contribution in [0.4, 0.5) is 5.82 Å². The summed E-state index contributed by atoms with van der Waals surface area (Å²) in [6.07, 6.45) is -0.607. The van der Waals surface area contributed by atoms with E-state index < -0.39 is 41.9 Å². The molecule has 7 rings (SSSR count). The largest absolute Gasteiger partial charge is 0.459 e. The van der Waals surface area contributed by atoms with Gasteiger partial charge in [-0.1, -0.05) is 84.9 Å². The van der Waals surface area contributed by atoms with Crippen LogP contribution >= 0.6 is 0 Å². The van der Waals surface area contributed by atoms with Gasteiger partial charge >= 0.3 is 17.9 Å². The van der Waals surface area contributed by atoms with E-state index in [9.17, 15) is 14.4 Å². The predicted octanol–water partition coefficient (Wildman–Crippen LogP) is 6.03. The van der Waals surface area contributed by atoms with E-state index in [0.29, 0.717) is 29.1 Å². The van der Waals surface area contributed by atoms with Gasteiger partial charge in [-0.3, -0.25) is 4.57 Å². The fourth-order valence-electron chi connectivity index (χ4n) is 5.99. The Bertz CT molecular complexity index is 2130. The highest BCUT2D eigenvalue weighted by atomic mass is 16.7. The van der Waals surface area contributed by atoms with E-state index in [1.807, 2.05) is 30.3 Å². The van der Waals surface area contributed by atoms with Crippen LogP contribution in [-0.2, 0) is 25.5 Å². The molecule has 1 aliphatic heterocycles. The van der Waals surface area contributed by atoms with Gasteiger partial charge in [0, 0.05) is 6.54 Å². The molecule has 12 nitrogen and oxygen atoms in total. The van der Waals surface area contributed by atoms with Crippen LogP contribution in [0.15, 0.2) is 134 Å². The number of fused-ring (bicyclic) bond motifs is 1. The van der Waals surface area contributed by atoms with Crippen LogP contribution in [-0.4, -0.2) is 61.8 Å². The summed E-state index contributed by atoms with van der Waals surface area (Å²) in [5.41, 5.74) is 1.02. The maximum atomic E-state index is 13.8. The smallest absolute Gasteiger partial charge is 0.338 e. The highest BCUT2D eigenvalue weighted by Gasteiger charge is 2.60. The summed E-state index contributed by atoms with van der Waals surface area (Å²) in [7, 11) is 0. The summed E-state index contributed by atoms with van der Waals surface area (Å²) in [5, 5.41) is 3.31. The minimum Gasteiger partial charge on any atom is -0.459 e. The van der Waals surface area contributed by atoms with Crippen LogP contribution in [0.3, 0.4) is 0 Å². The van der Waals surface area contributed by atoms with Gasteiger partial charge in [0.2, 0.25) is 0 Å². The molecule has 51 heavy (non-hydrogen) atoms. The average Bonchev–Trinajstić information content (AvgIpc) is 3.72. The number of imidazole rings is 1. The number of anilines is 1. The van der Waals surface area contributed by atoms with Crippen molar-refractivity contribution in [2.75, 3.05) is 11.9 Å². The van der Waals surface area contributed by atoms with E-state index in [1.165, 1.54) is 12.7 Å². The quantitative estimate of drug-likeness (QED) is 0.126. The number of carbonyl (C=O) groups is 3. The Balaban J connectivity index is 1.27. The zero-order valence-corrected chi connectivity index (χ0v) is 27.5. The average molecular weight is 684 g/mol. The summed E-state index contributed by atoms with van der Waals surface area (Å²) >= 11 is 0. The van der Waals surface area contributed by atoms with Crippen LogP contribution in [0.1, 0.15) is 49.8 Å². The van der Waals surface area contributed by atoms with Crippen LogP contribution in [0.5, 0.6) is 0 Å². The van der Waals surface area contributed by atoms with E-state index in [-0.39, 0.29) is 17.7 Å². The summed E-state index contributed by atoms with van der Waals surface area (Å²) in [4.78, 5) is 54.0. The molecule has 12 heteroatoms. The van der Waals surface area contributed by atoms with Crippen molar-refractivity contribution in [3.8, 4) is 0 Å². The van der Waals surface area contributed by atoms with Crippen molar-refractivity contribution in [1.82, 2.24) is 19.5 Å². The number of rotatable bonds is 11. The van der Waals surface area contributed by atoms with Gasteiger partial charge in [-0.05, 0) is 48.9 Å². The number of carbonyl (C=O) groups excluding carboxylic acids is 3. The molecule has 0 saturated carbocycles. The van der Waals surface area contributed by atoms with Crippen molar-refractivity contribution < 1.29 is 33.3 Å². The molecule has 256 valence electrons. The van der Waals surface area contributed by atoms with Crippen molar-refractivity contribution in [3.05, 3.63) is 156 Å². The van der Waals surface area contributed by atoms with Gasteiger partial charge in [-0.2, -0.15) is 0 Å². The molecule has 3 heterocycles. The number of aromatic nitrogens is 4. The lowest BCUT2D eigenvalue weighted by molar-refractivity contribution is -0.108. The predicted molar refractivity (Wildman–Crippen MR) is 186 cm³/mol. The second kappa shape index (κ2) is 14.6. The van der Waals surface area contributed by atoms with E-state index in [1.54, 1.807) is 102 Å². The number of esters is 3. The van der Waals surface area contributed by atoms with Crippen molar-refractivity contribution >= 4 is 34.9 Å². The number of nitrogens with zero attached hydrogens (tertiary/aromatic N) is 4. The normalized spacial score (nSPS) is 19.7.